The van der Waals surface area contributed by atoms with Crippen LogP contribution in [0.4, 0.5) is 15.3 Å². The van der Waals surface area contributed by atoms with Crippen LogP contribution in [0.5, 0.6) is 0 Å². The maximum Gasteiger partial charge on any atom is 0.411 e. The first kappa shape index (κ1) is 41.8. The number of hydrogen-bond donors (Lipinski definition) is 2. The molecule has 1 aliphatic heterocycles. The lowest BCUT2D eigenvalue weighted by atomic mass is 9.93. The van der Waals surface area contributed by atoms with Gasteiger partial charge in [-0.25, -0.2) is 9.59 Å². The van der Waals surface area contributed by atoms with Crippen LogP contribution in [0.1, 0.15) is 70.2 Å². The highest BCUT2D eigenvalue weighted by Crippen LogP contribution is 2.27. The van der Waals surface area contributed by atoms with Crippen molar-refractivity contribution in [3.05, 3.63) is 138 Å². The topological polar surface area (TPSA) is 103 Å². The maximum atomic E-state index is 14.7. The minimum atomic E-state index is -0.735. The Hall–Kier alpha value is -5.35. The van der Waals surface area contributed by atoms with Gasteiger partial charge in [-0.05, 0) is 88.8 Å². The molecule has 0 aromatic heterocycles. The Morgan fingerprint density at radius 3 is 1.84 bits per heavy atom. The highest BCUT2D eigenvalue weighted by molar-refractivity contribution is 5.87. The van der Waals surface area contributed by atoms with E-state index >= 15 is 0 Å². The van der Waals surface area contributed by atoms with E-state index in [-0.39, 0.29) is 11.9 Å². The van der Waals surface area contributed by atoms with E-state index in [0.29, 0.717) is 58.7 Å². The van der Waals surface area contributed by atoms with E-state index < -0.39 is 29.4 Å². The Morgan fingerprint density at radius 2 is 1.27 bits per heavy atom. The second-order valence-corrected chi connectivity index (χ2v) is 16.5. The zero-order valence-electron chi connectivity index (χ0n) is 33.9. The van der Waals surface area contributed by atoms with E-state index in [9.17, 15) is 14.4 Å². The fraction of sp³-hybridized carbons (Fsp3) is 0.413. The van der Waals surface area contributed by atoms with Gasteiger partial charge in [0.1, 0.15) is 17.2 Å². The first-order valence-corrected chi connectivity index (χ1v) is 19.7. The molecule has 1 fully saturated rings. The predicted molar refractivity (Wildman–Crippen MR) is 222 cm³/mol. The van der Waals surface area contributed by atoms with Crippen molar-refractivity contribution in [1.82, 2.24) is 20.0 Å². The third-order valence-corrected chi connectivity index (χ3v) is 9.42. The Labute approximate surface area is 333 Å². The SMILES string of the molecule is CC(C)(C)OC(=O)NCCNc1cccc(C[C@@H](C[C@H]2C(=O)N(Cc3ccccc3)CCN2C(=O)OC(C)(C)C)N(Cc2ccccc2)Cc2ccccc2)c1. The fourth-order valence-electron chi connectivity index (χ4n) is 6.90. The zero-order chi connectivity index (χ0) is 40.1. The summed E-state index contributed by atoms with van der Waals surface area (Å²) in [6.07, 6.45) is 0.0990. The molecular formula is C46H59N5O5. The number of rotatable bonds is 15. The lowest BCUT2D eigenvalue weighted by Gasteiger charge is -2.43. The van der Waals surface area contributed by atoms with Crippen molar-refractivity contribution in [2.45, 2.75) is 97.3 Å². The van der Waals surface area contributed by atoms with E-state index in [0.717, 1.165) is 27.9 Å². The molecule has 0 unspecified atom stereocenters. The number of carbonyl (C=O) groups is 3. The van der Waals surface area contributed by atoms with Crippen LogP contribution < -0.4 is 10.6 Å². The number of hydrogen-bond acceptors (Lipinski definition) is 7. The lowest BCUT2D eigenvalue weighted by Crippen LogP contribution is -2.60. The van der Waals surface area contributed by atoms with Gasteiger partial charge < -0.3 is 25.0 Å². The van der Waals surface area contributed by atoms with Crippen LogP contribution >= 0.6 is 0 Å². The van der Waals surface area contributed by atoms with E-state index in [1.165, 1.54) is 0 Å². The summed E-state index contributed by atoms with van der Waals surface area (Å²) in [7, 11) is 0. The molecule has 1 aliphatic rings. The third-order valence-electron chi connectivity index (χ3n) is 9.42. The standard InChI is InChI=1S/C46H59N5O5/c1-45(2,3)55-43(53)48-26-25-47-39-24-16-23-38(29-39)30-40(50(33-36-19-12-8-13-20-36)34-37-21-14-9-15-22-37)31-41-42(52)49(32-35-17-10-7-11-18-35)27-28-51(41)44(54)56-46(4,5)6/h7-24,29,40-41,47H,25-28,30-34H2,1-6H3,(H,48,53)/t40-,41-/m0/s1. The highest BCUT2D eigenvalue weighted by atomic mass is 16.6. The van der Waals surface area contributed by atoms with Crippen molar-refractivity contribution in [3.8, 4) is 0 Å². The van der Waals surface area contributed by atoms with Gasteiger partial charge in [0.2, 0.25) is 5.91 Å². The second-order valence-electron chi connectivity index (χ2n) is 16.5. The van der Waals surface area contributed by atoms with Crippen LogP contribution in [0.25, 0.3) is 0 Å². The van der Waals surface area contributed by atoms with Crippen LogP contribution in [0.2, 0.25) is 0 Å². The Balaban J connectivity index is 1.46. The number of nitrogens with zero attached hydrogens (tertiary/aromatic N) is 3. The number of nitrogens with one attached hydrogen (secondary N) is 2. The van der Waals surface area contributed by atoms with Crippen LogP contribution in [0.3, 0.4) is 0 Å². The maximum absolute atomic E-state index is 14.7. The second kappa shape index (κ2) is 19.5. The average Bonchev–Trinajstić information content (AvgIpc) is 3.14. The molecule has 0 spiro atoms. The van der Waals surface area contributed by atoms with Crippen molar-refractivity contribution in [2.24, 2.45) is 0 Å². The highest BCUT2D eigenvalue weighted by Gasteiger charge is 2.41. The predicted octanol–water partition coefficient (Wildman–Crippen LogP) is 8.27. The number of ether oxygens (including phenoxy) is 2. The van der Waals surface area contributed by atoms with Crippen LogP contribution in [0.15, 0.2) is 115 Å². The normalized spacial score (nSPS) is 15.3. The van der Waals surface area contributed by atoms with Gasteiger partial charge in [-0.15, -0.1) is 0 Å². The number of alkyl carbamates (subject to hydrolysis) is 1. The molecule has 298 valence electrons. The van der Waals surface area contributed by atoms with Gasteiger partial charge >= 0.3 is 12.2 Å². The molecule has 10 heteroatoms. The Bertz CT molecular complexity index is 1800. The number of piperazine rings is 1. The average molecular weight is 762 g/mol. The molecule has 0 aliphatic carbocycles. The van der Waals surface area contributed by atoms with Gasteiger partial charge in [0.05, 0.1) is 0 Å². The van der Waals surface area contributed by atoms with E-state index in [1.807, 2.05) is 125 Å². The molecule has 0 radical (unpaired) electrons. The summed E-state index contributed by atoms with van der Waals surface area (Å²) in [5.41, 5.74) is 4.08. The molecule has 5 rings (SSSR count). The fourth-order valence-corrected chi connectivity index (χ4v) is 6.90. The molecule has 56 heavy (non-hydrogen) atoms. The molecule has 2 atom stereocenters. The van der Waals surface area contributed by atoms with Gasteiger partial charge in [0, 0.05) is 57.5 Å². The smallest absolute Gasteiger partial charge is 0.411 e. The Kier molecular flexibility index (Phi) is 14.5. The number of amides is 3. The van der Waals surface area contributed by atoms with E-state index in [2.05, 4.69) is 51.9 Å². The first-order valence-electron chi connectivity index (χ1n) is 19.7. The molecule has 0 bridgehead atoms. The van der Waals surface area contributed by atoms with Crippen LogP contribution in [0, 0.1) is 0 Å². The van der Waals surface area contributed by atoms with Gasteiger partial charge in [0.25, 0.3) is 0 Å². The van der Waals surface area contributed by atoms with Crippen molar-refractivity contribution in [3.63, 3.8) is 0 Å². The molecule has 3 amide bonds. The first-order chi connectivity index (χ1) is 26.7. The summed E-state index contributed by atoms with van der Waals surface area (Å²) in [4.78, 5) is 46.7. The minimum absolute atomic E-state index is 0.0803. The van der Waals surface area contributed by atoms with Gasteiger partial charge in [-0.2, -0.15) is 0 Å². The van der Waals surface area contributed by atoms with Crippen molar-refractivity contribution < 1.29 is 23.9 Å². The third kappa shape index (κ3) is 13.4. The number of anilines is 1. The molecule has 4 aromatic rings. The summed E-state index contributed by atoms with van der Waals surface area (Å²) in [6, 6.07) is 38.1. The summed E-state index contributed by atoms with van der Waals surface area (Å²) >= 11 is 0. The number of benzene rings is 4. The van der Waals surface area contributed by atoms with Crippen molar-refractivity contribution in [2.75, 3.05) is 31.5 Å². The Morgan fingerprint density at radius 1 is 0.714 bits per heavy atom. The molecule has 1 heterocycles. The quantitative estimate of drug-likeness (QED) is 0.118. The zero-order valence-corrected chi connectivity index (χ0v) is 33.9. The largest absolute Gasteiger partial charge is 0.444 e. The molecule has 1 saturated heterocycles. The van der Waals surface area contributed by atoms with E-state index in [1.54, 1.807) is 4.90 Å². The summed E-state index contributed by atoms with van der Waals surface area (Å²) < 4.78 is 11.3. The molecule has 10 nitrogen and oxygen atoms in total. The summed E-state index contributed by atoms with van der Waals surface area (Å²) in [6.45, 7) is 14.5. The van der Waals surface area contributed by atoms with Crippen LogP contribution in [-0.4, -0.2) is 82.3 Å². The minimum Gasteiger partial charge on any atom is -0.444 e. The molecule has 2 N–H and O–H groups in total. The molecule has 4 aromatic carbocycles. The van der Waals surface area contributed by atoms with Gasteiger partial charge in [0.15, 0.2) is 0 Å². The molecular weight excluding hydrogens is 703 g/mol. The van der Waals surface area contributed by atoms with Crippen molar-refractivity contribution in [1.29, 1.82) is 0 Å². The van der Waals surface area contributed by atoms with Gasteiger partial charge in [-0.3, -0.25) is 14.6 Å². The number of carbonyl (C=O) groups excluding carboxylic acids is 3. The summed E-state index contributed by atoms with van der Waals surface area (Å²) in [5.74, 6) is -0.0803. The van der Waals surface area contributed by atoms with E-state index in [4.69, 9.17) is 9.47 Å². The molecule has 0 saturated carbocycles. The van der Waals surface area contributed by atoms with Crippen molar-refractivity contribution >= 4 is 23.8 Å². The lowest BCUT2D eigenvalue weighted by molar-refractivity contribution is -0.143. The van der Waals surface area contributed by atoms with Crippen LogP contribution in [-0.2, 0) is 40.3 Å². The van der Waals surface area contributed by atoms with Gasteiger partial charge in [-0.1, -0.05) is 103 Å². The monoisotopic (exact) mass is 761 g/mol. The summed E-state index contributed by atoms with van der Waals surface area (Å²) in [5, 5.41) is 6.24.